The smallest absolute Gasteiger partial charge is 0.0880 e. The van der Waals surface area contributed by atoms with Crippen LogP contribution in [-0.2, 0) is 12.8 Å². The summed E-state index contributed by atoms with van der Waals surface area (Å²) in [7, 11) is -1.53. The standard InChI is InChI=1S/C30H23PSi/c1-2-13-24(14-3-1)31-32(29-17-7-11-22-19-26(22)29,30-18-8-12-23-20-27(23)30)28-16-6-10-21-9-4-5-15-25(21)28/h1-18,31H,19-20H2. The highest BCUT2D eigenvalue weighted by molar-refractivity contribution is 7.94. The Labute approximate surface area is 191 Å². The van der Waals surface area contributed by atoms with Gasteiger partial charge in [0.05, 0.1) is 0 Å². The van der Waals surface area contributed by atoms with Crippen molar-refractivity contribution >= 4 is 47.5 Å². The van der Waals surface area contributed by atoms with E-state index in [9.17, 15) is 0 Å². The van der Waals surface area contributed by atoms with Crippen LogP contribution >= 0.6 is 8.13 Å². The molecular weight excluding hydrogens is 419 g/mol. The fraction of sp³-hybridized carbons (Fsp3) is 0.0667. The van der Waals surface area contributed by atoms with Crippen LogP contribution in [0.2, 0.25) is 0 Å². The van der Waals surface area contributed by atoms with E-state index in [2.05, 4.69) is 109 Å². The van der Waals surface area contributed by atoms with Gasteiger partial charge in [0, 0.05) is 0 Å². The van der Waals surface area contributed by atoms with Gasteiger partial charge >= 0.3 is 0 Å². The van der Waals surface area contributed by atoms with Gasteiger partial charge in [-0.05, 0) is 66.7 Å². The molecule has 7 rings (SSSR count). The van der Waals surface area contributed by atoms with Gasteiger partial charge in [0.2, 0.25) is 0 Å². The van der Waals surface area contributed by atoms with Crippen LogP contribution in [0.25, 0.3) is 10.8 Å². The van der Waals surface area contributed by atoms with Gasteiger partial charge in [0.1, 0.15) is 0 Å². The van der Waals surface area contributed by atoms with Crippen LogP contribution in [0.4, 0.5) is 0 Å². The molecule has 0 N–H and O–H groups in total. The molecule has 0 nitrogen and oxygen atoms in total. The molecule has 2 heteroatoms. The molecule has 0 amide bonds. The highest BCUT2D eigenvalue weighted by atomic mass is 31.3. The van der Waals surface area contributed by atoms with Gasteiger partial charge in [0.25, 0.3) is 0 Å². The summed E-state index contributed by atoms with van der Waals surface area (Å²) < 4.78 is 0. The maximum atomic E-state index is 2.47. The van der Waals surface area contributed by atoms with E-state index in [4.69, 9.17) is 0 Å². The number of benzene rings is 5. The average Bonchev–Trinajstić information content (AvgIpc) is 3.76. The Bertz CT molecular complexity index is 1440. The predicted molar refractivity (Wildman–Crippen MR) is 141 cm³/mol. The van der Waals surface area contributed by atoms with Gasteiger partial charge in [-0.2, -0.15) is 0 Å². The first-order valence-electron chi connectivity index (χ1n) is 11.4. The Morgan fingerprint density at radius 3 is 1.78 bits per heavy atom. The van der Waals surface area contributed by atoms with Crippen molar-refractivity contribution in [3.05, 3.63) is 131 Å². The molecule has 0 heterocycles. The lowest BCUT2D eigenvalue weighted by Gasteiger charge is -2.35. The summed E-state index contributed by atoms with van der Waals surface area (Å²) in [5.74, 6) is 0. The summed E-state index contributed by atoms with van der Waals surface area (Å²) in [5, 5.41) is 9.14. The Morgan fingerprint density at radius 2 is 1.06 bits per heavy atom. The van der Waals surface area contributed by atoms with E-state index in [1.807, 2.05) is 0 Å². The van der Waals surface area contributed by atoms with Crippen LogP contribution < -0.4 is 20.9 Å². The van der Waals surface area contributed by atoms with Crippen molar-refractivity contribution < 1.29 is 0 Å². The first-order valence-corrected chi connectivity index (χ1v) is 15.4. The molecule has 1 atom stereocenters. The first-order chi connectivity index (χ1) is 15.8. The molecule has 2 aliphatic rings. The number of rotatable bonds is 5. The van der Waals surface area contributed by atoms with E-state index < -0.39 is 7.74 Å². The van der Waals surface area contributed by atoms with Gasteiger partial charge in [0.15, 0.2) is 7.74 Å². The average molecular weight is 443 g/mol. The Morgan fingerprint density at radius 1 is 0.500 bits per heavy atom. The molecule has 0 fully saturated rings. The molecule has 1 unspecified atom stereocenters. The second-order valence-corrected chi connectivity index (χ2v) is 16.0. The van der Waals surface area contributed by atoms with Gasteiger partial charge < -0.3 is 0 Å². The normalized spacial score (nSPS) is 13.9. The monoisotopic (exact) mass is 442 g/mol. The molecule has 2 aliphatic carbocycles. The van der Waals surface area contributed by atoms with Gasteiger partial charge in [-0.15, -0.1) is 0 Å². The minimum atomic E-state index is -2.29. The Kier molecular flexibility index (Phi) is 4.06. The lowest BCUT2D eigenvalue weighted by molar-refractivity contribution is 1.61. The van der Waals surface area contributed by atoms with Crippen LogP contribution in [0.5, 0.6) is 0 Å². The molecule has 0 spiro atoms. The van der Waals surface area contributed by atoms with E-state index in [0.29, 0.717) is 0 Å². The van der Waals surface area contributed by atoms with E-state index in [-0.39, 0.29) is 0 Å². The summed E-state index contributed by atoms with van der Waals surface area (Å²) in [6, 6.07) is 41.5. The Balaban J connectivity index is 1.62. The molecular formula is C30H23PSi. The predicted octanol–water partition coefficient (Wildman–Crippen LogP) is 4.62. The first kappa shape index (κ1) is 18.6. The minimum Gasteiger partial charge on any atom is -0.0880 e. The summed E-state index contributed by atoms with van der Waals surface area (Å²) in [5.41, 5.74) is 6.34. The summed E-state index contributed by atoms with van der Waals surface area (Å²) >= 11 is 0. The Hall–Kier alpha value is -2.99. The van der Waals surface area contributed by atoms with Crippen molar-refractivity contribution in [2.24, 2.45) is 0 Å². The molecule has 0 aliphatic heterocycles. The third-order valence-corrected chi connectivity index (χ3v) is 16.3. The van der Waals surface area contributed by atoms with Crippen molar-refractivity contribution in [2.45, 2.75) is 12.8 Å². The molecule has 0 bridgehead atoms. The van der Waals surface area contributed by atoms with E-state index >= 15 is 0 Å². The van der Waals surface area contributed by atoms with Crippen LogP contribution in [-0.4, -0.2) is 7.74 Å². The fourth-order valence-corrected chi connectivity index (χ4v) is 15.7. The lowest BCUT2D eigenvalue weighted by atomic mass is 10.1. The van der Waals surface area contributed by atoms with E-state index in [0.717, 1.165) is 21.0 Å². The van der Waals surface area contributed by atoms with Crippen LogP contribution in [0, 0.1) is 0 Å². The van der Waals surface area contributed by atoms with Gasteiger partial charge in [-0.25, -0.2) is 0 Å². The van der Waals surface area contributed by atoms with Gasteiger partial charge in [-0.1, -0.05) is 117 Å². The lowest BCUT2D eigenvalue weighted by Crippen LogP contribution is -2.65. The van der Waals surface area contributed by atoms with E-state index in [1.54, 1.807) is 37.8 Å². The fourth-order valence-electron chi connectivity index (χ4n) is 5.50. The third-order valence-electron chi connectivity index (χ3n) is 7.14. The molecule has 0 saturated heterocycles. The van der Waals surface area contributed by atoms with Crippen molar-refractivity contribution in [1.29, 1.82) is 0 Å². The van der Waals surface area contributed by atoms with E-state index in [1.165, 1.54) is 16.1 Å². The summed E-state index contributed by atoms with van der Waals surface area (Å²) in [4.78, 5) is 0. The van der Waals surface area contributed by atoms with Crippen molar-refractivity contribution in [2.75, 3.05) is 0 Å². The molecule has 0 saturated carbocycles. The zero-order valence-electron chi connectivity index (χ0n) is 17.8. The maximum Gasteiger partial charge on any atom is 0.177 e. The molecule has 0 aromatic heterocycles. The zero-order chi connectivity index (χ0) is 21.1. The van der Waals surface area contributed by atoms with Crippen molar-refractivity contribution in [3.8, 4) is 0 Å². The number of hydrogen-bond acceptors (Lipinski definition) is 0. The number of hydrogen-bond donors (Lipinski definition) is 0. The largest absolute Gasteiger partial charge is 0.177 e. The SMILES string of the molecule is c1ccc(P[Si](c2cccc3c2C3)(c2cccc3c2C3)c2cccc3ccccc23)cc1. The van der Waals surface area contributed by atoms with Gasteiger partial charge in [-0.3, -0.25) is 0 Å². The van der Waals surface area contributed by atoms with Crippen LogP contribution in [0.3, 0.4) is 0 Å². The number of fused-ring (bicyclic) bond motifs is 3. The molecule has 5 aromatic carbocycles. The summed E-state index contributed by atoms with van der Waals surface area (Å²) in [6.07, 6.45) is 2.33. The quantitative estimate of drug-likeness (QED) is 0.207. The minimum absolute atomic E-state index is 0.760. The summed E-state index contributed by atoms with van der Waals surface area (Å²) in [6.45, 7) is 0. The van der Waals surface area contributed by atoms with Crippen molar-refractivity contribution in [1.82, 2.24) is 0 Å². The highest BCUT2D eigenvalue weighted by Crippen LogP contribution is 2.38. The highest BCUT2D eigenvalue weighted by Gasteiger charge is 2.47. The maximum absolute atomic E-state index is 2.47. The zero-order valence-corrected chi connectivity index (χ0v) is 19.8. The van der Waals surface area contributed by atoms with Crippen molar-refractivity contribution in [3.63, 3.8) is 0 Å². The topological polar surface area (TPSA) is 0 Å². The van der Waals surface area contributed by atoms with Crippen LogP contribution in [0.1, 0.15) is 22.3 Å². The molecule has 152 valence electrons. The van der Waals surface area contributed by atoms with Crippen LogP contribution in [0.15, 0.2) is 109 Å². The second-order valence-electron chi connectivity index (χ2n) is 9.01. The molecule has 32 heavy (non-hydrogen) atoms. The second kappa shape index (κ2) is 7.00. The molecule has 5 aromatic rings. The molecule has 0 radical (unpaired) electrons. The third kappa shape index (κ3) is 2.78.